The molecule has 1 aliphatic carbocycles. The Labute approximate surface area is 161 Å². The van der Waals surface area contributed by atoms with E-state index >= 15 is 0 Å². The molecule has 9 heteroatoms. The number of rotatable bonds is 3. The Hall–Kier alpha value is -2.97. The molecule has 0 spiro atoms. The molecule has 1 amide bonds. The van der Waals surface area contributed by atoms with Crippen molar-refractivity contribution < 1.29 is 4.79 Å². The van der Waals surface area contributed by atoms with E-state index in [9.17, 15) is 9.59 Å². The number of carbonyl (C=O) groups excluding carboxylic acids is 1. The van der Waals surface area contributed by atoms with Gasteiger partial charge in [0.1, 0.15) is 19.2 Å². The summed E-state index contributed by atoms with van der Waals surface area (Å²) in [6.07, 6.45) is 8.61. The van der Waals surface area contributed by atoms with Crippen molar-refractivity contribution in [2.24, 2.45) is 0 Å². The number of amides is 1. The number of hydrogen-bond acceptors (Lipinski definition) is 5. The van der Waals surface area contributed by atoms with E-state index < -0.39 is 0 Å². The number of aromatic amines is 1. The molecule has 0 unspecified atom stereocenters. The Morgan fingerprint density at radius 3 is 2.82 bits per heavy atom. The Bertz CT molecular complexity index is 1060. The molecule has 0 bridgehead atoms. The summed E-state index contributed by atoms with van der Waals surface area (Å²) in [4.78, 5) is 35.7. The summed E-state index contributed by atoms with van der Waals surface area (Å²) in [5, 5.41) is 7.27. The number of likely N-dealkylation sites (tertiary alicyclic amines) is 1. The molecule has 28 heavy (non-hydrogen) atoms. The molecule has 3 aromatic rings. The molecular weight excluding hydrogens is 358 g/mol. The lowest BCUT2D eigenvalue weighted by Gasteiger charge is -2.31. The second-order valence-electron chi connectivity index (χ2n) is 7.70. The van der Waals surface area contributed by atoms with Gasteiger partial charge in [-0.25, -0.2) is 19.2 Å². The molecule has 2 aliphatic rings. The highest BCUT2D eigenvalue weighted by Gasteiger charge is 2.26. The van der Waals surface area contributed by atoms with E-state index in [0.717, 1.165) is 55.5 Å². The standard InChI is InChI=1S/C19H23N7O2/c27-18(10-25-12-20-11-21-25)24-7-5-13(6-8-24)16-9-17-22-15-4-2-1-3-14(15)19(28)26(17)23-16/h9,11-13,23H,1-8,10H2. The van der Waals surface area contributed by atoms with Crippen molar-refractivity contribution >= 4 is 11.6 Å². The minimum absolute atomic E-state index is 0.0476. The van der Waals surface area contributed by atoms with Crippen molar-refractivity contribution in [1.29, 1.82) is 0 Å². The average Bonchev–Trinajstić information content (AvgIpc) is 3.38. The lowest BCUT2D eigenvalue weighted by atomic mass is 9.93. The minimum Gasteiger partial charge on any atom is -0.341 e. The smallest absolute Gasteiger partial charge is 0.276 e. The maximum absolute atomic E-state index is 12.8. The Balaban J connectivity index is 1.31. The van der Waals surface area contributed by atoms with E-state index in [2.05, 4.69) is 15.2 Å². The van der Waals surface area contributed by atoms with Crippen molar-refractivity contribution in [3.63, 3.8) is 0 Å². The summed E-state index contributed by atoms with van der Waals surface area (Å²) in [6, 6.07) is 2.01. The third-order valence-corrected chi connectivity index (χ3v) is 5.96. The molecule has 4 heterocycles. The third-order valence-electron chi connectivity index (χ3n) is 5.96. The van der Waals surface area contributed by atoms with Gasteiger partial charge in [-0.05, 0) is 38.5 Å². The minimum atomic E-state index is 0.0476. The second-order valence-corrected chi connectivity index (χ2v) is 7.70. The van der Waals surface area contributed by atoms with Gasteiger partial charge in [0.05, 0.1) is 5.69 Å². The fourth-order valence-electron chi connectivity index (χ4n) is 4.38. The van der Waals surface area contributed by atoms with Gasteiger partial charge >= 0.3 is 0 Å². The molecule has 5 rings (SSSR count). The highest BCUT2D eigenvalue weighted by atomic mass is 16.2. The van der Waals surface area contributed by atoms with Gasteiger partial charge in [-0.3, -0.25) is 14.7 Å². The van der Waals surface area contributed by atoms with E-state index in [0.29, 0.717) is 24.7 Å². The largest absolute Gasteiger partial charge is 0.341 e. The van der Waals surface area contributed by atoms with E-state index in [-0.39, 0.29) is 18.0 Å². The van der Waals surface area contributed by atoms with Gasteiger partial charge in [0.25, 0.3) is 5.56 Å². The highest BCUT2D eigenvalue weighted by Crippen LogP contribution is 2.28. The number of fused-ring (bicyclic) bond motifs is 2. The normalized spacial score (nSPS) is 17.8. The zero-order valence-electron chi connectivity index (χ0n) is 15.7. The van der Waals surface area contributed by atoms with Crippen LogP contribution in [0.1, 0.15) is 48.6 Å². The van der Waals surface area contributed by atoms with Crippen LogP contribution in [0.15, 0.2) is 23.5 Å². The number of hydrogen-bond donors (Lipinski definition) is 1. The van der Waals surface area contributed by atoms with Crippen LogP contribution in [0.2, 0.25) is 0 Å². The summed E-state index contributed by atoms with van der Waals surface area (Å²) in [5.41, 5.74) is 3.63. The fourth-order valence-corrected chi connectivity index (χ4v) is 4.38. The molecule has 1 saturated heterocycles. The molecule has 0 aromatic carbocycles. The quantitative estimate of drug-likeness (QED) is 0.726. The fraction of sp³-hybridized carbons (Fsp3) is 0.526. The van der Waals surface area contributed by atoms with Crippen LogP contribution >= 0.6 is 0 Å². The third kappa shape index (κ3) is 3.00. The number of aryl methyl sites for hydroxylation is 1. The van der Waals surface area contributed by atoms with E-state index in [1.165, 1.54) is 6.33 Å². The van der Waals surface area contributed by atoms with Crippen molar-refractivity contribution in [3.05, 3.63) is 46.0 Å². The summed E-state index contributed by atoms with van der Waals surface area (Å²) in [5.74, 6) is 0.361. The predicted octanol–water partition coefficient (Wildman–Crippen LogP) is 0.899. The lowest BCUT2D eigenvalue weighted by molar-refractivity contribution is -0.133. The van der Waals surface area contributed by atoms with Gasteiger partial charge in [0.15, 0.2) is 5.65 Å². The van der Waals surface area contributed by atoms with Crippen LogP contribution in [0.3, 0.4) is 0 Å². The number of piperidine rings is 1. The number of H-pyrrole nitrogens is 1. The molecule has 0 saturated carbocycles. The van der Waals surface area contributed by atoms with Gasteiger partial charge in [-0.2, -0.15) is 5.10 Å². The van der Waals surface area contributed by atoms with Crippen molar-refractivity contribution in [2.75, 3.05) is 13.1 Å². The number of carbonyl (C=O) groups is 1. The first kappa shape index (κ1) is 17.2. The highest BCUT2D eigenvalue weighted by molar-refractivity contribution is 5.76. The first-order chi connectivity index (χ1) is 13.7. The van der Waals surface area contributed by atoms with Crippen LogP contribution < -0.4 is 5.56 Å². The van der Waals surface area contributed by atoms with E-state index in [1.54, 1.807) is 15.5 Å². The maximum Gasteiger partial charge on any atom is 0.276 e. The average molecular weight is 381 g/mol. The maximum atomic E-state index is 12.8. The Morgan fingerprint density at radius 1 is 1.21 bits per heavy atom. The second kappa shape index (κ2) is 6.88. The molecule has 1 fully saturated rings. The number of aromatic nitrogens is 6. The van der Waals surface area contributed by atoms with Gasteiger partial charge < -0.3 is 4.90 Å². The Morgan fingerprint density at radius 2 is 2.04 bits per heavy atom. The topological polar surface area (TPSA) is 101 Å². The van der Waals surface area contributed by atoms with E-state index in [4.69, 9.17) is 4.98 Å². The molecule has 0 atom stereocenters. The predicted molar refractivity (Wildman–Crippen MR) is 101 cm³/mol. The van der Waals surface area contributed by atoms with Gasteiger partial charge in [-0.15, -0.1) is 0 Å². The summed E-state index contributed by atoms with van der Waals surface area (Å²) in [7, 11) is 0. The van der Waals surface area contributed by atoms with Crippen LogP contribution in [0, 0.1) is 0 Å². The van der Waals surface area contributed by atoms with Crippen LogP contribution in [0.25, 0.3) is 5.65 Å². The summed E-state index contributed by atoms with van der Waals surface area (Å²) in [6.45, 7) is 1.63. The monoisotopic (exact) mass is 381 g/mol. The number of nitrogens with zero attached hydrogens (tertiary/aromatic N) is 6. The zero-order valence-corrected chi connectivity index (χ0v) is 15.7. The zero-order chi connectivity index (χ0) is 19.1. The van der Waals surface area contributed by atoms with Crippen molar-refractivity contribution in [1.82, 2.24) is 34.3 Å². The van der Waals surface area contributed by atoms with Gasteiger partial charge in [0, 0.05) is 36.3 Å². The number of nitrogens with one attached hydrogen (secondary N) is 1. The molecular formula is C19H23N7O2. The summed E-state index contributed by atoms with van der Waals surface area (Å²) < 4.78 is 3.15. The lowest BCUT2D eigenvalue weighted by Crippen LogP contribution is -2.39. The van der Waals surface area contributed by atoms with E-state index in [1.807, 2.05) is 11.0 Å². The van der Waals surface area contributed by atoms with Crippen LogP contribution in [0.5, 0.6) is 0 Å². The van der Waals surface area contributed by atoms with Crippen molar-refractivity contribution in [2.45, 2.75) is 51.0 Å². The van der Waals surface area contributed by atoms with Crippen molar-refractivity contribution in [3.8, 4) is 0 Å². The Kier molecular flexibility index (Phi) is 4.22. The SMILES string of the molecule is O=C(Cn1cncn1)N1CCC(c2cc3nc4c(c(=O)n3[nH]2)CCCC4)CC1. The molecule has 1 aliphatic heterocycles. The van der Waals surface area contributed by atoms with Gasteiger partial charge in [0.2, 0.25) is 5.91 Å². The van der Waals surface area contributed by atoms with Crippen LogP contribution in [0.4, 0.5) is 0 Å². The summed E-state index contributed by atoms with van der Waals surface area (Å²) >= 11 is 0. The van der Waals surface area contributed by atoms with Crippen LogP contribution in [-0.4, -0.2) is 53.3 Å². The first-order valence-corrected chi connectivity index (χ1v) is 9.92. The molecule has 1 N–H and O–H groups in total. The molecule has 9 nitrogen and oxygen atoms in total. The first-order valence-electron chi connectivity index (χ1n) is 9.92. The molecule has 146 valence electrons. The van der Waals surface area contributed by atoms with Gasteiger partial charge in [-0.1, -0.05) is 0 Å². The van der Waals surface area contributed by atoms with Crippen LogP contribution in [-0.2, 0) is 24.2 Å². The molecule has 3 aromatic heterocycles. The molecule has 0 radical (unpaired) electrons.